The van der Waals surface area contributed by atoms with Crippen molar-refractivity contribution in [2.75, 3.05) is 50.8 Å². The van der Waals surface area contributed by atoms with Crippen LogP contribution in [0.1, 0.15) is 69.8 Å². The van der Waals surface area contributed by atoms with Crippen molar-refractivity contribution in [2.45, 2.75) is 72.0 Å². The Morgan fingerprint density at radius 2 is 1.63 bits per heavy atom. The van der Waals surface area contributed by atoms with Crippen LogP contribution in [0.5, 0.6) is 0 Å². The SMILES string of the molecule is CCOC(=O)c1ccc(N2CCN(CC3=C(c4ccc(Cl)cc4)CCC(C)(CO[Si](C)(C)C(C)(C)C)C3)CC2)cc1. The van der Waals surface area contributed by atoms with Crippen molar-refractivity contribution in [3.05, 3.63) is 70.3 Å². The highest BCUT2D eigenvalue weighted by Gasteiger charge is 2.40. The fourth-order valence-corrected chi connectivity index (χ4v) is 6.88. The molecule has 4 rings (SSSR count). The zero-order chi connectivity index (χ0) is 29.8. The molecule has 1 atom stereocenters. The van der Waals surface area contributed by atoms with Crippen LogP contribution in [0, 0.1) is 5.41 Å². The summed E-state index contributed by atoms with van der Waals surface area (Å²) in [5.74, 6) is -0.261. The van der Waals surface area contributed by atoms with Crippen LogP contribution in [0.15, 0.2) is 54.1 Å². The minimum atomic E-state index is -1.81. The van der Waals surface area contributed by atoms with Crippen molar-refractivity contribution in [2.24, 2.45) is 5.41 Å². The lowest BCUT2D eigenvalue weighted by atomic mass is 9.72. The zero-order valence-corrected chi connectivity index (χ0v) is 27.9. The van der Waals surface area contributed by atoms with Gasteiger partial charge in [0.1, 0.15) is 0 Å². The second kappa shape index (κ2) is 13.0. The van der Waals surface area contributed by atoms with Crippen molar-refractivity contribution in [1.82, 2.24) is 4.90 Å². The molecule has 41 heavy (non-hydrogen) atoms. The number of hydrogen-bond acceptors (Lipinski definition) is 5. The van der Waals surface area contributed by atoms with E-state index in [0.29, 0.717) is 12.2 Å². The van der Waals surface area contributed by atoms with E-state index in [-0.39, 0.29) is 16.4 Å². The average Bonchev–Trinajstić information content (AvgIpc) is 2.93. The van der Waals surface area contributed by atoms with Gasteiger partial charge >= 0.3 is 5.97 Å². The number of halogens is 1. The number of carbonyl (C=O) groups excluding carboxylic acids is 1. The van der Waals surface area contributed by atoms with Crippen molar-refractivity contribution in [1.29, 1.82) is 0 Å². The van der Waals surface area contributed by atoms with Gasteiger partial charge in [-0.05, 0) is 97.3 Å². The highest BCUT2D eigenvalue weighted by Crippen LogP contribution is 2.45. The van der Waals surface area contributed by atoms with Crippen LogP contribution in [0.3, 0.4) is 0 Å². The molecule has 1 aliphatic carbocycles. The molecule has 0 amide bonds. The predicted octanol–water partition coefficient (Wildman–Crippen LogP) is 8.30. The van der Waals surface area contributed by atoms with Crippen LogP contribution in [0.25, 0.3) is 5.57 Å². The molecule has 0 bridgehead atoms. The van der Waals surface area contributed by atoms with Gasteiger partial charge in [-0.1, -0.05) is 57.0 Å². The predicted molar refractivity (Wildman–Crippen MR) is 175 cm³/mol. The monoisotopic (exact) mass is 596 g/mol. The van der Waals surface area contributed by atoms with Crippen LogP contribution in [0.4, 0.5) is 5.69 Å². The molecule has 0 aromatic heterocycles. The first-order chi connectivity index (χ1) is 19.3. The van der Waals surface area contributed by atoms with E-state index in [1.54, 1.807) is 5.57 Å². The zero-order valence-electron chi connectivity index (χ0n) is 26.2. The van der Waals surface area contributed by atoms with Gasteiger partial charge in [-0.2, -0.15) is 0 Å². The Bertz CT molecular complexity index is 1210. The lowest BCUT2D eigenvalue weighted by molar-refractivity contribution is 0.0526. The molecule has 2 aliphatic rings. The summed E-state index contributed by atoms with van der Waals surface area (Å²) in [6.45, 7) is 22.1. The molecule has 7 heteroatoms. The number of hydrogen-bond donors (Lipinski definition) is 0. The van der Waals surface area contributed by atoms with E-state index in [2.05, 4.69) is 62.7 Å². The van der Waals surface area contributed by atoms with Gasteiger partial charge in [0.15, 0.2) is 8.32 Å². The molecule has 1 unspecified atom stereocenters. The first-order valence-electron chi connectivity index (χ1n) is 15.2. The van der Waals surface area contributed by atoms with Gasteiger partial charge in [-0.3, -0.25) is 4.90 Å². The van der Waals surface area contributed by atoms with Gasteiger partial charge in [-0.25, -0.2) is 4.79 Å². The first-order valence-corrected chi connectivity index (χ1v) is 18.4. The summed E-state index contributed by atoms with van der Waals surface area (Å²) in [4.78, 5) is 17.1. The Morgan fingerprint density at radius 1 is 1.00 bits per heavy atom. The van der Waals surface area contributed by atoms with Gasteiger partial charge in [0.2, 0.25) is 0 Å². The lowest BCUT2D eigenvalue weighted by Crippen LogP contribution is -2.47. The normalized spacial score (nSPS) is 20.8. The molecular formula is C34H49ClN2O3Si. The van der Waals surface area contributed by atoms with E-state index in [4.69, 9.17) is 20.8 Å². The van der Waals surface area contributed by atoms with Crippen molar-refractivity contribution in [3.63, 3.8) is 0 Å². The van der Waals surface area contributed by atoms with Gasteiger partial charge in [0, 0.05) is 50.0 Å². The molecular weight excluding hydrogens is 548 g/mol. The Morgan fingerprint density at radius 3 is 2.22 bits per heavy atom. The molecule has 1 heterocycles. The maximum absolute atomic E-state index is 12.0. The number of benzene rings is 2. The molecule has 0 spiro atoms. The van der Waals surface area contributed by atoms with E-state index >= 15 is 0 Å². The summed E-state index contributed by atoms with van der Waals surface area (Å²) >= 11 is 6.25. The third-order valence-electron chi connectivity index (χ3n) is 9.36. The molecule has 2 aromatic rings. The Hall–Kier alpha value is -2.12. The van der Waals surface area contributed by atoms with Gasteiger partial charge < -0.3 is 14.1 Å². The standard InChI is InChI=1S/C34H49ClN2O3Si/c1-8-39-32(38)27-11-15-30(16-12-27)37-21-19-36(20-22-37)24-28-23-34(5,25-40-41(6,7)33(2,3)4)18-17-31(28)26-9-13-29(35)14-10-26/h9-16H,8,17-25H2,1-7H3. The number of carbonyl (C=O) groups is 1. The van der Waals surface area contributed by atoms with Crippen LogP contribution in [-0.2, 0) is 9.16 Å². The maximum Gasteiger partial charge on any atom is 0.338 e. The largest absolute Gasteiger partial charge is 0.462 e. The molecule has 1 fully saturated rings. The number of ether oxygens (including phenoxy) is 1. The first kappa shape index (κ1) is 31.8. The molecule has 2 aromatic carbocycles. The average molecular weight is 597 g/mol. The Balaban J connectivity index is 1.45. The van der Waals surface area contributed by atoms with E-state index < -0.39 is 8.32 Å². The van der Waals surface area contributed by atoms with E-state index in [1.807, 2.05) is 43.3 Å². The quantitative estimate of drug-likeness (QED) is 0.215. The topological polar surface area (TPSA) is 42.0 Å². The van der Waals surface area contributed by atoms with E-state index in [0.717, 1.165) is 69.3 Å². The van der Waals surface area contributed by atoms with Crippen LogP contribution in [-0.4, -0.2) is 65.1 Å². The fourth-order valence-electron chi connectivity index (χ4n) is 5.62. The van der Waals surface area contributed by atoms with Crippen LogP contribution < -0.4 is 4.90 Å². The number of rotatable bonds is 9. The molecule has 0 saturated carbocycles. The van der Waals surface area contributed by atoms with Gasteiger partial charge in [0.05, 0.1) is 12.2 Å². The second-order valence-corrected chi connectivity index (χ2v) is 18.9. The summed E-state index contributed by atoms with van der Waals surface area (Å²) in [5.41, 5.74) is 6.25. The van der Waals surface area contributed by atoms with Crippen molar-refractivity contribution >= 4 is 37.1 Å². The molecule has 0 N–H and O–H groups in total. The minimum absolute atomic E-state index is 0.142. The fraction of sp³-hybridized carbons (Fsp3) is 0.559. The van der Waals surface area contributed by atoms with Crippen LogP contribution in [0.2, 0.25) is 23.2 Å². The summed E-state index contributed by atoms with van der Waals surface area (Å²) in [6, 6.07) is 16.2. The molecule has 5 nitrogen and oxygen atoms in total. The number of nitrogens with zero attached hydrogens (tertiary/aromatic N) is 2. The summed E-state index contributed by atoms with van der Waals surface area (Å²) < 4.78 is 11.9. The summed E-state index contributed by atoms with van der Waals surface area (Å²) in [7, 11) is -1.81. The third-order valence-corrected chi connectivity index (χ3v) is 14.1. The Labute approximate surface area is 254 Å². The number of anilines is 1. The lowest BCUT2D eigenvalue weighted by Gasteiger charge is -2.43. The molecule has 1 aliphatic heterocycles. The second-order valence-electron chi connectivity index (χ2n) is 13.7. The highest BCUT2D eigenvalue weighted by atomic mass is 35.5. The summed E-state index contributed by atoms with van der Waals surface area (Å²) in [5, 5.41) is 0.995. The Kier molecular flexibility index (Phi) is 10.1. The maximum atomic E-state index is 12.0. The molecule has 1 saturated heterocycles. The number of allylic oxidation sites excluding steroid dienone is 1. The smallest absolute Gasteiger partial charge is 0.338 e. The minimum Gasteiger partial charge on any atom is -0.462 e. The van der Waals surface area contributed by atoms with E-state index in [9.17, 15) is 4.79 Å². The summed E-state index contributed by atoms with van der Waals surface area (Å²) in [6.07, 6.45) is 3.27. The third kappa shape index (κ3) is 8.04. The van der Waals surface area contributed by atoms with Gasteiger partial charge in [-0.15, -0.1) is 0 Å². The van der Waals surface area contributed by atoms with Crippen molar-refractivity contribution < 1.29 is 14.0 Å². The highest BCUT2D eigenvalue weighted by molar-refractivity contribution is 6.74. The van der Waals surface area contributed by atoms with E-state index in [1.165, 1.54) is 11.1 Å². The van der Waals surface area contributed by atoms with Gasteiger partial charge in [0.25, 0.3) is 0 Å². The number of piperazine rings is 1. The van der Waals surface area contributed by atoms with Crippen LogP contribution >= 0.6 is 11.6 Å². The molecule has 224 valence electrons. The molecule has 0 radical (unpaired) electrons. The van der Waals surface area contributed by atoms with Crippen molar-refractivity contribution in [3.8, 4) is 0 Å². The number of esters is 1.